The van der Waals surface area contributed by atoms with E-state index in [4.69, 9.17) is 4.52 Å². The zero-order valence-corrected chi connectivity index (χ0v) is 14.3. The molecule has 2 atom stereocenters. The first kappa shape index (κ1) is 16.8. The van der Waals surface area contributed by atoms with Crippen LogP contribution in [-0.4, -0.2) is 67.2 Å². The fourth-order valence-corrected chi connectivity index (χ4v) is 4.01. The van der Waals surface area contributed by atoms with E-state index < -0.39 is 10.2 Å². The molecule has 0 radical (unpaired) electrons. The molecule has 130 valence electrons. The van der Waals surface area contributed by atoms with Crippen molar-refractivity contribution in [1.29, 1.82) is 0 Å². The predicted molar refractivity (Wildman–Crippen MR) is 84.0 cm³/mol. The number of likely N-dealkylation sites (tertiary alicyclic amines) is 1. The minimum Gasteiger partial charge on any atom is -0.392 e. The van der Waals surface area contributed by atoms with Gasteiger partial charge in [-0.3, -0.25) is 4.90 Å². The summed E-state index contributed by atoms with van der Waals surface area (Å²) in [5, 5.41) is 13.8. The van der Waals surface area contributed by atoms with Gasteiger partial charge in [0.25, 0.3) is 10.2 Å². The molecule has 8 nitrogen and oxygen atoms in total. The zero-order valence-electron chi connectivity index (χ0n) is 13.5. The second kappa shape index (κ2) is 6.48. The Hall–Kier alpha value is -1.00. The molecule has 1 aliphatic carbocycles. The van der Waals surface area contributed by atoms with Gasteiger partial charge in [0, 0.05) is 51.8 Å². The summed E-state index contributed by atoms with van der Waals surface area (Å²) in [6.07, 6.45) is 2.50. The van der Waals surface area contributed by atoms with E-state index >= 15 is 0 Å². The van der Waals surface area contributed by atoms with Crippen molar-refractivity contribution in [2.75, 3.05) is 27.2 Å². The van der Waals surface area contributed by atoms with Crippen LogP contribution >= 0.6 is 0 Å². The van der Waals surface area contributed by atoms with Gasteiger partial charge in [-0.05, 0) is 19.3 Å². The van der Waals surface area contributed by atoms with Gasteiger partial charge < -0.3 is 9.63 Å². The van der Waals surface area contributed by atoms with E-state index in [1.165, 1.54) is 18.4 Å². The maximum absolute atomic E-state index is 12.0. The number of rotatable bonds is 5. The van der Waals surface area contributed by atoms with Crippen LogP contribution in [0.25, 0.3) is 0 Å². The Morgan fingerprint density at radius 2 is 2.22 bits per heavy atom. The first-order valence-electron chi connectivity index (χ1n) is 7.91. The highest BCUT2D eigenvalue weighted by Gasteiger charge is 2.30. The first-order valence-corrected chi connectivity index (χ1v) is 9.35. The van der Waals surface area contributed by atoms with Gasteiger partial charge in [0.05, 0.1) is 6.10 Å². The van der Waals surface area contributed by atoms with Crippen LogP contribution in [0.15, 0.2) is 4.52 Å². The number of nitrogens with zero attached hydrogens (tertiary/aromatic N) is 3. The van der Waals surface area contributed by atoms with Crippen molar-refractivity contribution in [3.63, 3.8) is 0 Å². The fraction of sp³-hybridized carbons (Fsp3) is 0.786. The predicted octanol–water partition coefficient (Wildman–Crippen LogP) is -0.505. The standard InChI is InChI=1S/C14H24N4O4S/c1-17(2)23(20,21)16-10-3-4-14-12(7-10)13(15-22-14)9-18-6-5-11(19)8-18/h10-11,16,19H,3-9H2,1-2H3/t10?,11-/m1/s1. The number of aromatic nitrogens is 1. The lowest BCUT2D eigenvalue weighted by Crippen LogP contribution is -2.44. The Morgan fingerprint density at radius 1 is 1.43 bits per heavy atom. The van der Waals surface area contributed by atoms with Crippen LogP contribution in [0.3, 0.4) is 0 Å². The molecule has 2 aliphatic rings. The zero-order chi connectivity index (χ0) is 16.6. The Morgan fingerprint density at radius 3 is 2.87 bits per heavy atom. The molecule has 1 fully saturated rings. The minimum absolute atomic E-state index is 0.141. The van der Waals surface area contributed by atoms with Crippen LogP contribution in [0.5, 0.6) is 0 Å². The third-order valence-corrected chi connectivity index (χ3v) is 6.13. The van der Waals surface area contributed by atoms with Crippen molar-refractivity contribution in [2.45, 2.75) is 44.4 Å². The second-order valence-corrected chi connectivity index (χ2v) is 8.47. The number of fused-ring (bicyclic) bond motifs is 1. The Labute approximate surface area is 136 Å². The molecule has 1 saturated heterocycles. The van der Waals surface area contributed by atoms with Crippen LogP contribution < -0.4 is 4.72 Å². The number of aliphatic hydroxyl groups excluding tert-OH is 1. The third kappa shape index (κ3) is 3.74. The van der Waals surface area contributed by atoms with Gasteiger partial charge in [-0.25, -0.2) is 0 Å². The quantitative estimate of drug-likeness (QED) is 0.747. The Balaban J connectivity index is 1.69. The maximum atomic E-state index is 12.0. The van der Waals surface area contributed by atoms with Crippen LogP contribution in [0.1, 0.15) is 29.9 Å². The molecule has 0 bridgehead atoms. The first-order chi connectivity index (χ1) is 10.8. The number of aliphatic hydroxyl groups is 1. The molecule has 3 rings (SSSR count). The van der Waals surface area contributed by atoms with Gasteiger partial charge in [0.2, 0.25) is 0 Å². The molecule has 1 aliphatic heterocycles. The molecule has 0 aromatic carbocycles. The summed E-state index contributed by atoms with van der Waals surface area (Å²) < 4.78 is 33.3. The Bertz CT molecular complexity index is 658. The monoisotopic (exact) mass is 344 g/mol. The van der Waals surface area contributed by atoms with Crippen LogP contribution in [0, 0.1) is 0 Å². The van der Waals surface area contributed by atoms with E-state index in [0.29, 0.717) is 32.4 Å². The van der Waals surface area contributed by atoms with E-state index in [-0.39, 0.29) is 12.1 Å². The summed E-state index contributed by atoms with van der Waals surface area (Å²) in [4.78, 5) is 2.15. The molecule has 2 heterocycles. The molecule has 2 N–H and O–H groups in total. The second-order valence-electron chi connectivity index (χ2n) is 6.55. The van der Waals surface area contributed by atoms with Crippen molar-refractivity contribution in [3.05, 3.63) is 17.0 Å². The molecular weight excluding hydrogens is 320 g/mol. The lowest BCUT2D eigenvalue weighted by atomic mass is 9.92. The average Bonchev–Trinajstić information content (AvgIpc) is 3.06. The molecule has 1 aromatic heterocycles. The maximum Gasteiger partial charge on any atom is 0.279 e. The van der Waals surface area contributed by atoms with Crippen molar-refractivity contribution in [3.8, 4) is 0 Å². The lowest BCUT2D eigenvalue weighted by molar-refractivity contribution is 0.173. The van der Waals surface area contributed by atoms with E-state index in [1.807, 2.05) is 0 Å². The van der Waals surface area contributed by atoms with E-state index in [9.17, 15) is 13.5 Å². The van der Waals surface area contributed by atoms with Crippen LogP contribution in [-0.2, 0) is 29.6 Å². The summed E-state index contributed by atoms with van der Waals surface area (Å²) in [5.41, 5.74) is 1.88. The summed E-state index contributed by atoms with van der Waals surface area (Å²) in [6.45, 7) is 2.14. The van der Waals surface area contributed by atoms with Gasteiger partial charge in [-0.2, -0.15) is 17.4 Å². The number of aryl methyl sites for hydroxylation is 1. The SMILES string of the molecule is CN(C)S(=O)(=O)NC1CCc2onc(CN3CC[C@@H](O)C3)c2C1. The van der Waals surface area contributed by atoms with Crippen molar-refractivity contribution >= 4 is 10.2 Å². The number of β-amino-alcohol motifs (C(OH)–C–C–N with tert-alkyl or cyclic N) is 1. The smallest absolute Gasteiger partial charge is 0.279 e. The van der Waals surface area contributed by atoms with Crippen molar-refractivity contribution in [1.82, 2.24) is 19.1 Å². The highest BCUT2D eigenvalue weighted by Crippen LogP contribution is 2.26. The fourth-order valence-electron chi connectivity index (χ4n) is 3.17. The van der Waals surface area contributed by atoms with E-state index in [0.717, 1.165) is 30.0 Å². The topological polar surface area (TPSA) is 98.9 Å². The highest BCUT2D eigenvalue weighted by atomic mass is 32.2. The van der Waals surface area contributed by atoms with Gasteiger partial charge >= 0.3 is 0 Å². The summed E-state index contributed by atoms with van der Waals surface area (Å²) in [7, 11) is -0.409. The molecule has 1 unspecified atom stereocenters. The van der Waals surface area contributed by atoms with Gasteiger partial charge in [0.1, 0.15) is 11.5 Å². The lowest BCUT2D eigenvalue weighted by Gasteiger charge is -2.24. The summed E-state index contributed by atoms with van der Waals surface area (Å²) >= 11 is 0. The molecule has 1 aromatic rings. The third-order valence-electron chi connectivity index (χ3n) is 4.54. The summed E-state index contributed by atoms with van der Waals surface area (Å²) in [6, 6.07) is -0.141. The number of hydrogen-bond donors (Lipinski definition) is 2. The normalized spacial score (nSPS) is 25.9. The van der Waals surface area contributed by atoms with Gasteiger partial charge in [0.15, 0.2) is 0 Å². The van der Waals surface area contributed by atoms with Crippen molar-refractivity contribution < 1.29 is 18.0 Å². The average molecular weight is 344 g/mol. The number of hydrogen-bond acceptors (Lipinski definition) is 6. The molecular formula is C14H24N4O4S. The van der Waals surface area contributed by atoms with Crippen LogP contribution in [0.4, 0.5) is 0 Å². The Kier molecular flexibility index (Phi) is 4.75. The summed E-state index contributed by atoms with van der Waals surface area (Å²) in [5.74, 6) is 0.861. The van der Waals surface area contributed by atoms with Crippen LogP contribution in [0.2, 0.25) is 0 Å². The molecule has 9 heteroatoms. The minimum atomic E-state index is -3.44. The largest absolute Gasteiger partial charge is 0.392 e. The molecule has 0 saturated carbocycles. The van der Waals surface area contributed by atoms with Crippen molar-refractivity contribution in [2.24, 2.45) is 0 Å². The number of nitrogens with one attached hydrogen (secondary N) is 1. The highest BCUT2D eigenvalue weighted by molar-refractivity contribution is 7.87. The molecule has 23 heavy (non-hydrogen) atoms. The molecule has 0 amide bonds. The molecule has 0 spiro atoms. The van der Waals surface area contributed by atoms with Gasteiger partial charge in [-0.15, -0.1) is 0 Å². The van der Waals surface area contributed by atoms with E-state index in [2.05, 4.69) is 14.8 Å². The van der Waals surface area contributed by atoms with Gasteiger partial charge in [-0.1, -0.05) is 5.16 Å². The van der Waals surface area contributed by atoms with E-state index in [1.54, 1.807) is 0 Å².